The molecule has 0 fully saturated rings. The summed E-state index contributed by atoms with van der Waals surface area (Å²) in [6.07, 6.45) is 0.418. The minimum Gasteiger partial charge on any atom is -0.421 e. The van der Waals surface area contributed by atoms with E-state index < -0.39 is 0 Å². The Morgan fingerprint density at radius 3 is 2.62 bits per heavy atom. The molecule has 0 aliphatic heterocycles. The smallest absolute Gasteiger partial charge is 0.247 e. The predicted molar refractivity (Wildman–Crippen MR) is 93.1 cm³/mol. The van der Waals surface area contributed by atoms with Crippen LogP contribution >= 0.6 is 0 Å². The number of rotatable bonds is 6. The predicted octanol–water partition coefficient (Wildman–Crippen LogP) is 3.65. The number of hydrogen-bond acceptors (Lipinski definition) is 5. The number of halogens is 1. The number of benzene rings is 2. The van der Waals surface area contributed by atoms with Gasteiger partial charge in [0.2, 0.25) is 17.7 Å². The highest BCUT2D eigenvalue weighted by Crippen LogP contribution is 2.19. The lowest BCUT2D eigenvalue weighted by molar-refractivity contribution is -0.116. The maximum Gasteiger partial charge on any atom is 0.247 e. The van der Waals surface area contributed by atoms with E-state index in [0.29, 0.717) is 22.7 Å². The number of hydrogen-bond donors (Lipinski definition) is 1. The molecule has 132 valence electrons. The summed E-state index contributed by atoms with van der Waals surface area (Å²) in [6.45, 7) is 1.47. The molecule has 0 aliphatic rings. The summed E-state index contributed by atoms with van der Waals surface area (Å²) in [7, 11) is 0. The fraction of sp³-hybridized carbons (Fsp3) is 0.158. The van der Waals surface area contributed by atoms with E-state index in [-0.39, 0.29) is 36.2 Å². The van der Waals surface area contributed by atoms with Crippen LogP contribution in [0.1, 0.15) is 29.6 Å². The average Bonchev–Trinajstić information content (AvgIpc) is 3.10. The zero-order valence-electron chi connectivity index (χ0n) is 14.0. The number of Topliss-reactive ketones (excluding diaryl/α,β-unsaturated/α-hetero) is 1. The summed E-state index contributed by atoms with van der Waals surface area (Å²) in [5.41, 5.74) is 1.69. The van der Waals surface area contributed by atoms with Gasteiger partial charge in [0.05, 0.1) is 0 Å². The molecule has 0 saturated carbocycles. The molecule has 1 N–H and O–H groups in total. The molecule has 0 spiro atoms. The molecule has 0 atom stereocenters. The SMILES string of the molecule is CC(=O)c1cccc(NC(=O)CCc2nnc(-c3ccc(F)cc3)o2)c1. The normalized spacial score (nSPS) is 10.5. The van der Waals surface area contributed by atoms with Crippen molar-refractivity contribution in [3.63, 3.8) is 0 Å². The van der Waals surface area contributed by atoms with Crippen molar-refractivity contribution in [1.82, 2.24) is 10.2 Å². The first-order valence-electron chi connectivity index (χ1n) is 8.00. The third kappa shape index (κ3) is 4.38. The van der Waals surface area contributed by atoms with Crippen LogP contribution in [-0.4, -0.2) is 21.9 Å². The van der Waals surface area contributed by atoms with E-state index in [9.17, 15) is 14.0 Å². The maximum absolute atomic E-state index is 12.9. The van der Waals surface area contributed by atoms with Crippen molar-refractivity contribution in [2.75, 3.05) is 5.32 Å². The summed E-state index contributed by atoms with van der Waals surface area (Å²) in [4.78, 5) is 23.4. The Hall–Kier alpha value is -3.35. The molecule has 0 bridgehead atoms. The molecular weight excluding hydrogens is 337 g/mol. The monoisotopic (exact) mass is 353 g/mol. The van der Waals surface area contributed by atoms with E-state index in [4.69, 9.17) is 4.42 Å². The third-order valence-corrected chi connectivity index (χ3v) is 3.68. The molecule has 0 saturated heterocycles. The summed E-state index contributed by atoms with van der Waals surface area (Å²) in [6, 6.07) is 12.4. The van der Waals surface area contributed by atoms with E-state index in [0.717, 1.165) is 0 Å². The van der Waals surface area contributed by atoms with E-state index in [2.05, 4.69) is 15.5 Å². The van der Waals surface area contributed by atoms with Gasteiger partial charge in [0, 0.05) is 29.7 Å². The Bertz CT molecular complexity index is 935. The van der Waals surface area contributed by atoms with Gasteiger partial charge in [-0.15, -0.1) is 10.2 Å². The fourth-order valence-electron chi connectivity index (χ4n) is 2.32. The van der Waals surface area contributed by atoms with Gasteiger partial charge in [0.25, 0.3) is 0 Å². The lowest BCUT2D eigenvalue weighted by Gasteiger charge is -2.05. The molecule has 26 heavy (non-hydrogen) atoms. The number of amides is 1. The van der Waals surface area contributed by atoms with Crippen LogP contribution in [0.3, 0.4) is 0 Å². The van der Waals surface area contributed by atoms with Crippen LogP contribution in [0.25, 0.3) is 11.5 Å². The Balaban J connectivity index is 1.57. The first-order chi connectivity index (χ1) is 12.5. The molecule has 3 rings (SSSR count). The molecule has 1 heterocycles. The number of carbonyl (C=O) groups excluding carboxylic acids is 2. The van der Waals surface area contributed by atoms with Crippen molar-refractivity contribution in [3.05, 3.63) is 65.8 Å². The Morgan fingerprint density at radius 2 is 1.88 bits per heavy atom. The molecule has 2 aromatic carbocycles. The first kappa shape index (κ1) is 17.5. The van der Waals surface area contributed by atoms with Crippen molar-refractivity contribution >= 4 is 17.4 Å². The third-order valence-electron chi connectivity index (χ3n) is 3.68. The van der Waals surface area contributed by atoms with Crippen LogP contribution in [0.5, 0.6) is 0 Å². The van der Waals surface area contributed by atoms with E-state index in [1.54, 1.807) is 36.4 Å². The molecule has 0 unspecified atom stereocenters. The van der Waals surface area contributed by atoms with Crippen molar-refractivity contribution in [3.8, 4) is 11.5 Å². The summed E-state index contributed by atoms with van der Waals surface area (Å²) < 4.78 is 18.4. The van der Waals surface area contributed by atoms with Gasteiger partial charge in [0.15, 0.2) is 5.78 Å². The van der Waals surface area contributed by atoms with Gasteiger partial charge >= 0.3 is 0 Å². The highest BCUT2D eigenvalue weighted by molar-refractivity contribution is 5.97. The van der Waals surface area contributed by atoms with Gasteiger partial charge in [-0.05, 0) is 43.3 Å². The molecule has 7 heteroatoms. The lowest BCUT2D eigenvalue weighted by Crippen LogP contribution is -2.12. The van der Waals surface area contributed by atoms with Crippen molar-refractivity contribution in [2.24, 2.45) is 0 Å². The van der Waals surface area contributed by atoms with Crippen LogP contribution in [-0.2, 0) is 11.2 Å². The van der Waals surface area contributed by atoms with E-state index >= 15 is 0 Å². The van der Waals surface area contributed by atoms with Crippen molar-refractivity contribution in [1.29, 1.82) is 0 Å². The molecule has 0 aliphatic carbocycles. The fourth-order valence-corrected chi connectivity index (χ4v) is 2.32. The topological polar surface area (TPSA) is 85.1 Å². The van der Waals surface area contributed by atoms with Gasteiger partial charge < -0.3 is 9.73 Å². The van der Waals surface area contributed by atoms with Gasteiger partial charge in [-0.1, -0.05) is 12.1 Å². The Kier molecular flexibility index (Phi) is 5.17. The van der Waals surface area contributed by atoms with Gasteiger partial charge in [0.1, 0.15) is 5.82 Å². The summed E-state index contributed by atoms with van der Waals surface area (Å²) in [5.74, 6) is -0.0574. The highest BCUT2D eigenvalue weighted by atomic mass is 19.1. The number of nitrogens with one attached hydrogen (secondary N) is 1. The van der Waals surface area contributed by atoms with Crippen molar-refractivity contribution in [2.45, 2.75) is 19.8 Å². The molecular formula is C19H16FN3O3. The van der Waals surface area contributed by atoms with Crippen LogP contribution in [0.15, 0.2) is 52.9 Å². The second-order valence-electron chi connectivity index (χ2n) is 5.69. The number of nitrogens with zero attached hydrogens (tertiary/aromatic N) is 2. The summed E-state index contributed by atoms with van der Waals surface area (Å²) in [5, 5.41) is 10.5. The van der Waals surface area contributed by atoms with Crippen LogP contribution in [0, 0.1) is 5.82 Å². The summed E-state index contributed by atoms with van der Waals surface area (Å²) >= 11 is 0. The standard InChI is InChI=1S/C19H16FN3O3/c1-12(24)14-3-2-4-16(11-14)21-17(25)9-10-18-22-23-19(26-18)13-5-7-15(20)8-6-13/h2-8,11H,9-10H2,1H3,(H,21,25). The largest absolute Gasteiger partial charge is 0.421 e. The molecule has 6 nitrogen and oxygen atoms in total. The van der Waals surface area contributed by atoms with E-state index in [1.165, 1.54) is 19.1 Å². The van der Waals surface area contributed by atoms with Crippen LogP contribution in [0.2, 0.25) is 0 Å². The maximum atomic E-state index is 12.9. The molecule has 1 aromatic heterocycles. The molecule has 3 aromatic rings. The van der Waals surface area contributed by atoms with Gasteiger partial charge in [-0.2, -0.15) is 0 Å². The number of carbonyl (C=O) groups is 2. The quantitative estimate of drug-likeness (QED) is 0.684. The first-order valence-corrected chi connectivity index (χ1v) is 8.00. The zero-order chi connectivity index (χ0) is 18.5. The van der Waals surface area contributed by atoms with E-state index in [1.807, 2.05) is 0 Å². The number of ketones is 1. The number of anilines is 1. The Labute approximate surface area is 149 Å². The number of aryl methyl sites for hydroxylation is 1. The second-order valence-corrected chi connectivity index (χ2v) is 5.69. The highest BCUT2D eigenvalue weighted by Gasteiger charge is 2.11. The van der Waals surface area contributed by atoms with Gasteiger partial charge in [-0.25, -0.2) is 4.39 Å². The number of aromatic nitrogens is 2. The lowest BCUT2D eigenvalue weighted by atomic mass is 10.1. The molecule has 0 radical (unpaired) electrons. The minimum atomic E-state index is -0.348. The zero-order valence-corrected chi connectivity index (χ0v) is 14.0. The van der Waals surface area contributed by atoms with Crippen LogP contribution < -0.4 is 5.32 Å². The molecule has 1 amide bonds. The van der Waals surface area contributed by atoms with Gasteiger partial charge in [-0.3, -0.25) is 9.59 Å². The average molecular weight is 353 g/mol. The minimum absolute atomic E-state index is 0.0692. The van der Waals surface area contributed by atoms with Crippen molar-refractivity contribution < 1.29 is 18.4 Å². The Morgan fingerprint density at radius 1 is 1.12 bits per heavy atom. The second kappa shape index (κ2) is 7.69. The van der Waals surface area contributed by atoms with Crippen LogP contribution in [0.4, 0.5) is 10.1 Å².